The quantitative estimate of drug-likeness (QED) is 0.854. The lowest BCUT2D eigenvalue weighted by Crippen LogP contribution is -2.35. The number of halogens is 2. The molecule has 1 aromatic heterocycles. The van der Waals surface area contributed by atoms with Crippen molar-refractivity contribution in [2.24, 2.45) is 0 Å². The predicted octanol–water partition coefficient (Wildman–Crippen LogP) is 2.71. The molecule has 1 saturated heterocycles. The van der Waals surface area contributed by atoms with Crippen LogP contribution < -0.4 is 4.90 Å². The van der Waals surface area contributed by atoms with Gasteiger partial charge >= 0.3 is 0 Å². The molecule has 120 valence electrons. The van der Waals surface area contributed by atoms with E-state index >= 15 is 0 Å². The van der Waals surface area contributed by atoms with Gasteiger partial charge in [0.2, 0.25) is 0 Å². The molecule has 1 aliphatic rings. The van der Waals surface area contributed by atoms with Gasteiger partial charge in [-0.05, 0) is 30.7 Å². The molecule has 2 heterocycles. The van der Waals surface area contributed by atoms with E-state index in [0.29, 0.717) is 37.4 Å². The highest BCUT2D eigenvalue weighted by molar-refractivity contribution is 5.93. The van der Waals surface area contributed by atoms with Crippen molar-refractivity contribution in [3.8, 4) is 0 Å². The summed E-state index contributed by atoms with van der Waals surface area (Å²) in [5.41, 5.74) is 1.20. The van der Waals surface area contributed by atoms with Crippen LogP contribution in [0.5, 0.6) is 0 Å². The Balaban J connectivity index is 1.69. The topological polar surface area (TPSA) is 36.4 Å². The number of carbonyl (C=O) groups excluding carboxylic acids is 1. The number of carbonyl (C=O) groups is 1. The Labute approximate surface area is 133 Å². The van der Waals surface area contributed by atoms with Crippen LogP contribution in [0.4, 0.5) is 14.5 Å². The maximum atomic E-state index is 13.4. The zero-order valence-corrected chi connectivity index (χ0v) is 12.6. The van der Waals surface area contributed by atoms with E-state index < -0.39 is 11.6 Å². The maximum absolute atomic E-state index is 13.4. The third kappa shape index (κ3) is 3.47. The van der Waals surface area contributed by atoms with Crippen molar-refractivity contribution in [1.29, 1.82) is 0 Å². The van der Waals surface area contributed by atoms with Gasteiger partial charge in [0.15, 0.2) is 11.6 Å². The summed E-state index contributed by atoms with van der Waals surface area (Å²) in [5.74, 6) is -1.75. The van der Waals surface area contributed by atoms with Crippen LogP contribution in [0.3, 0.4) is 0 Å². The predicted molar refractivity (Wildman–Crippen MR) is 83.3 cm³/mol. The van der Waals surface area contributed by atoms with Crippen LogP contribution in [0.1, 0.15) is 16.8 Å². The third-order valence-electron chi connectivity index (χ3n) is 3.96. The highest BCUT2D eigenvalue weighted by atomic mass is 19.2. The maximum Gasteiger partial charge on any atom is 0.255 e. The fraction of sp³-hybridized carbons (Fsp3) is 0.294. The van der Waals surface area contributed by atoms with E-state index in [-0.39, 0.29) is 5.91 Å². The van der Waals surface area contributed by atoms with Crippen molar-refractivity contribution in [1.82, 2.24) is 9.88 Å². The smallest absolute Gasteiger partial charge is 0.255 e. The molecule has 0 radical (unpaired) electrons. The van der Waals surface area contributed by atoms with Crippen LogP contribution in [0.25, 0.3) is 0 Å². The molecule has 23 heavy (non-hydrogen) atoms. The summed E-state index contributed by atoms with van der Waals surface area (Å²) in [7, 11) is 0. The molecule has 4 nitrogen and oxygen atoms in total. The first-order valence-corrected chi connectivity index (χ1v) is 7.54. The number of nitrogens with zero attached hydrogens (tertiary/aromatic N) is 3. The molecule has 1 fully saturated rings. The van der Waals surface area contributed by atoms with Gasteiger partial charge in [0.25, 0.3) is 5.91 Å². The normalized spacial score (nSPS) is 15.4. The second kappa shape index (κ2) is 6.73. The number of benzene rings is 1. The van der Waals surface area contributed by atoms with Crippen LogP contribution >= 0.6 is 0 Å². The van der Waals surface area contributed by atoms with E-state index in [4.69, 9.17) is 0 Å². The second-order valence-electron chi connectivity index (χ2n) is 5.47. The van der Waals surface area contributed by atoms with Crippen molar-refractivity contribution in [2.75, 3.05) is 31.1 Å². The highest BCUT2D eigenvalue weighted by Gasteiger charge is 2.21. The summed E-state index contributed by atoms with van der Waals surface area (Å²) in [4.78, 5) is 20.2. The number of aromatic nitrogens is 1. The van der Waals surface area contributed by atoms with Crippen molar-refractivity contribution in [3.63, 3.8) is 0 Å². The zero-order chi connectivity index (χ0) is 16.2. The van der Waals surface area contributed by atoms with E-state index in [2.05, 4.69) is 4.98 Å². The molecule has 6 heteroatoms. The van der Waals surface area contributed by atoms with Crippen LogP contribution in [-0.2, 0) is 0 Å². The molecule has 2 aromatic rings. The third-order valence-corrected chi connectivity index (χ3v) is 3.96. The molecule has 0 unspecified atom stereocenters. The molecule has 0 N–H and O–H groups in total. The van der Waals surface area contributed by atoms with Gasteiger partial charge in [-0.2, -0.15) is 0 Å². The highest BCUT2D eigenvalue weighted by Crippen LogP contribution is 2.20. The molecule has 0 saturated carbocycles. The minimum Gasteiger partial charge on any atom is -0.370 e. The monoisotopic (exact) mass is 317 g/mol. The minimum atomic E-state index is -0.852. The Kier molecular flexibility index (Phi) is 4.50. The van der Waals surface area contributed by atoms with Gasteiger partial charge < -0.3 is 9.80 Å². The molecule has 1 aliphatic heterocycles. The number of hydrogen-bond acceptors (Lipinski definition) is 3. The van der Waals surface area contributed by atoms with Crippen molar-refractivity contribution in [2.45, 2.75) is 6.42 Å². The minimum absolute atomic E-state index is 0.0507. The largest absolute Gasteiger partial charge is 0.370 e. The Morgan fingerprint density at radius 3 is 2.65 bits per heavy atom. The second-order valence-corrected chi connectivity index (χ2v) is 5.47. The van der Waals surface area contributed by atoms with E-state index in [0.717, 1.165) is 12.5 Å². The average Bonchev–Trinajstić information content (AvgIpc) is 2.83. The van der Waals surface area contributed by atoms with Gasteiger partial charge in [-0.25, -0.2) is 8.78 Å². The van der Waals surface area contributed by atoms with Gasteiger partial charge in [-0.1, -0.05) is 0 Å². The Hall–Kier alpha value is -2.50. The fourth-order valence-electron chi connectivity index (χ4n) is 2.73. The van der Waals surface area contributed by atoms with Crippen molar-refractivity contribution < 1.29 is 13.6 Å². The van der Waals surface area contributed by atoms with E-state index in [1.807, 2.05) is 4.90 Å². The molecule has 3 rings (SSSR count). The first-order valence-electron chi connectivity index (χ1n) is 7.54. The zero-order valence-electron chi connectivity index (χ0n) is 12.6. The molecule has 0 aliphatic carbocycles. The number of hydrogen-bond donors (Lipinski definition) is 0. The number of pyridine rings is 1. The lowest BCUT2D eigenvalue weighted by atomic mass is 10.2. The van der Waals surface area contributed by atoms with Gasteiger partial charge in [0, 0.05) is 50.3 Å². The molecule has 1 aromatic carbocycles. The van der Waals surface area contributed by atoms with E-state index in [1.54, 1.807) is 35.5 Å². The molecular weight excluding hydrogens is 300 g/mol. The van der Waals surface area contributed by atoms with Crippen molar-refractivity contribution in [3.05, 3.63) is 59.9 Å². The standard InChI is InChI=1S/C17H17F2N3O/c18-15-5-4-14(11-16(15)19)21-7-2-8-22(10-9-21)17(23)13-3-1-6-20-12-13/h1,3-6,11-12H,2,7-10H2. The molecule has 0 spiro atoms. The first kappa shape index (κ1) is 15.4. The average molecular weight is 317 g/mol. The number of anilines is 1. The Morgan fingerprint density at radius 1 is 1.04 bits per heavy atom. The summed E-state index contributed by atoms with van der Waals surface area (Å²) in [6.07, 6.45) is 3.95. The summed E-state index contributed by atoms with van der Waals surface area (Å²) in [6, 6.07) is 7.38. The van der Waals surface area contributed by atoms with E-state index in [9.17, 15) is 13.6 Å². The summed E-state index contributed by atoms with van der Waals surface area (Å²) < 4.78 is 26.4. The first-order chi connectivity index (χ1) is 11.1. The van der Waals surface area contributed by atoms with Crippen LogP contribution in [0, 0.1) is 11.6 Å². The van der Waals surface area contributed by atoms with E-state index in [1.165, 1.54) is 6.07 Å². The van der Waals surface area contributed by atoms with Crippen molar-refractivity contribution >= 4 is 11.6 Å². The van der Waals surface area contributed by atoms with Crippen LogP contribution in [0.15, 0.2) is 42.7 Å². The lowest BCUT2D eigenvalue weighted by molar-refractivity contribution is 0.0766. The fourth-order valence-corrected chi connectivity index (χ4v) is 2.73. The van der Waals surface area contributed by atoms with Crippen LogP contribution in [-0.4, -0.2) is 42.0 Å². The van der Waals surface area contributed by atoms with Gasteiger partial charge in [-0.3, -0.25) is 9.78 Å². The summed E-state index contributed by atoms with van der Waals surface area (Å²) >= 11 is 0. The Morgan fingerprint density at radius 2 is 1.91 bits per heavy atom. The van der Waals surface area contributed by atoms with Crippen LogP contribution in [0.2, 0.25) is 0 Å². The SMILES string of the molecule is O=C(c1cccnc1)N1CCCN(c2ccc(F)c(F)c2)CC1. The molecule has 0 atom stereocenters. The lowest BCUT2D eigenvalue weighted by Gasteiger charge is -2.23. The Bertz CT molecular complexity index is 693. The number of rotatable bonds is 2. The van der Waals surface area contributed by atoms with Gasteiger partial charge in [0.05, 0.1) is 5.56 Å². The molecule has 0 bridgehead atoms. The summed E-state index contributed by atoms with van der Waals surface area (Å²) in [5, 5.41) is 0. The van der Waals surface area contributed by atoms with Gasteiger partial charge in [-0.15, -0.1) is 0 Å². The molecular formula is C17H17F2N3O. The number of amides is 1. The summed E-state index contributed by atoms with van der Waals surface area (Å²) in [6.45, 7) is 2.44. The van der Waals surface area contributed by atoms with Gasteiger partial charge in [0.1, 0.15) is 0 Å². The molecule has 1 amide bonds.